The highest BCUT2D eigenvalue weighted by Gasteiger charge is 2.33. The summed E-state index contributed by atoms with van der Waals surface area (Å²) in [6, 6.07) is 4.20. The molecule has 0 aromatic heterocycles. The number of hydrogen-bond donors (Lipinski definition) is 1. The first-order chi connectivity index (χ1) is 8.71. The average Bonchev–Trinajstić information content (AvgIpc) is 3.20. The number of nitrogens with two attached hydrogens (primary N) is 1. The van der Waals surface area contributed by atoms with Crippen LogP contribution in [0.25, 0.3) is 0 Å². The summed E-state index contributed by atoms with van der Waals surface area (Å²) in [4.78, 5) is 0. The van der Waals surface area contributed by atoms with E-state index in [4.69, 9.17) is 15.2 Å². The average molecular weight is 249 g/mol. The third kappa shape index (κ3) is 2.61. The lowest BCUT2D eigenvalue weighted by atomic mass is 9.89. The maximum absolute atomic E-state index is 5.75. The van der Waals surface area contributed by atoms with Crippen LogP contribution in [-0.4, -0.2) is 20.8 Å². The topological polar surface area (TPSA) is 44.5 Å². The van der Waals surface area contributed by atoms with Crippen molar-refractivity contribution in [3.8, 4) is 11.5 Å². The second-order valence-corrected chi connectivity index (χ2v) is 5.09. The van der Waals surface area contributed by atoms with Gasteiger partial charge in [-0.3, -0.25) is 0 Å². The van der Waals surface area contributed by atoms with E-state index in [0.717, 1.165) is 35.9 Å². The molecule has 1 aromatic rings. The molecule has 3 nitrogen and oxygen atoms in total. The quantitative estimate of drug-likeness (QED) is 0.843. The summed E-state index contributed by atoms with van der Waals surface area (Å²) in [6.45, 7) is 2.76. The molecule has 2 N–H and O–H groups in total. The lowest BCUT2D eigenvalue weighted by molar-refractivity contribution is 0.388. The van der Waals surface area contributed by atoms with E-state index in [9.17, 15) is 0 Å². The smallest absolute Gasteiger partial charge is 0.122 e. The predicted molar refractivity (Wildman–Crippen MR) is 73.4 cm³/mol. The maximum Gasteiger partial charge on any atom is 0.122 e. The zero-order valence-electron chi connectivity index (χ0n) is 11.5. The van der Waals surface area contributed by atoms with E-state index >= 15 is 0 Å². The number of hydrogen-bond acceptors (Lipinski definition) is 3. The Bertz CT molecular complexity index is 413. The zero-order chi connectivity index (χ0) is 13.1. The van der Waals surface area contributed by atoms with Crippen molar-refractivity contribution in [1.29, 1.82) is 0 Å². The van der Waals surface area contributed by atoms with Crippen LogP contribution in [0.4, 0.5) is 0 Å². The van der Waals surface area contributed by atoms with Crippen LogP contribution in [0.15, 0.2) is 12.1 Å². The van der Waals surface area contributed by atoms with Crippen molar-refractivity contribution in [2.75, 3.05) is 20.8 Å². The lowest BCUT2D eigenvalue weighted by Crippen LogP contribution is -2.11. The Balaban J connectivity index is 2.38. The van der Waals surface area contributed by atoms with Gasteiger partial charge >= 0.3 is 0 Å². The van der Waals surface area contributed by atoms with Crippen molar-refractivity contribution in [3.05, 3.63) is 23.3 Å². The highest BCUT2D eigenvalue weighted by Crippen LogP contribution is 2.48. The molecule has 1 aliphatic rings. The van der Waals surface area contributed by atoms with E-state index in [0.29, 0.717) is 5.92 Å². The molecule has 100 valence electrons. The number of benzene rings is 1. The summed E-state index contributed by atoms with van der Waals surface area (Å²) in [5.74, 6) is 3.20. The van der Waals surface area contributed by atoms with Crippen LogP contribution >= 0.6 is 0 Å². The molecule has 1 saturated carbocycles. The first-order valence-electron chi connectivity index (χ1n) is 6.63. The van der Waals surface area contributed by atoms with Gasteiger partial charge in [0, 0.05) is 5.56 Å². The molecule has 2 rings (SSSR count). The Hall–Kier alpha value is -1.22. The van der Waals surface area contributed by atoms with Crippen molar-refractivity contribution in [2.45, 2.75) is 32.1 Å². The van der Waals surface area contributed by atoms with Crippen molar-refractivity contribution < 1.29 is 9.47 Å². The molecule has 1 atom stereocenters. The Morgan fingerprint density at radius 1 is 1.22 bits per heavy atom. The van der Waals surface area contributed by atoms with E-state index in [1.54, 1.807) is 14.2 Å². The molecule has 0 saturated heterocycles. The minimum Gasteiger partial charge on any atom is -0.496 e. The van der Waals surface area contributed by atoms with E-state index < -0.39 is 0 Å². The fourth-order valence-corrected chi connectivity index (χ4v) is 2.69. The monoisotopic (exact) mass is 249 g/mol. The maximum atomic E-state index is 5.75. The van der Waals surface area contributed by atoms with Crippen molar-refractivity contribution in [1.82, 2.24) is 0 Å². The molecule has 0 heterocycles. The lowest BCUT2D eigenvalue weighted by Gasteiger charge is -2.21. The van der Waals surface area contributed by atoms with Crippen molar-refractivity contribution in [3.63, 3.8) is 0 Å². The van der Waals surface area contributed by atoms with E-state index in [1.807, 2.05) is 6.92 Å². The normalized spacial score (nSPS) is 16.4. The van der Waals surface area contributed by atoms with Gasteiger partial charge in [0.05, 0.1) is 14.2 Å². The molecular formula is C15H23NO2. The van der Waals surface area contributed by atoms with Crippen molar-refractivity contribution in [2.24, 2.45) is 11.7 Å². The Morgan fingerprint density at radius 3 is 2.39 bits per heavy atom. The molecular weight excluding hydrogens is 226 g/mol. The molecule has 0 spiro atoms. The minimum atomic E-state index is 0.513. The predicted octanol–water partition coefficient (Wildman–Crippen LogP) is 2.85. The first-order valence-corrected chi connectivity index (χ1v) is 6.63. The van der Waals surface area contributed by atoms with Gasteiger partial charge in [0.2, 0.25) is 0 Å². The van der Waals surface area contributed by atoms with E-state index in [1.165, 1.54) is 18.4 Å². The van der Waals surface area contributed by atoms with Crippen LogP contribution in [0.5, 0.6) is 11.5 Å². The molecule has 3 heteroatoms. The molecule has 0 amide bonds. The Kier molecular flexibility index (Phi) is 4.12. The molecule has 0 radical (unpaired) electrons. The minimum absolute atomic E-state index is 0.513. The van der Waals surface area contributed by atoms with E-state index in [2.05, 4.69) is 12.1 Å². The summed E-state index contributed by atoms with van der Waals surface area (Å²) in [6.07, 6.45) is 3.64. The van der Waals surface area contributed by atoms with Gasteiger partial charge in [0.15, 0.2) is 0 Å². The van der Waals surface area contributed by atoms with Crippen LogP contribution in [0.2, 0.25) is 0 Å². The van der Waals surface area contributed by atoms with Crippen LogP contribution in [0.3, 0.4) is 0 Å². The summed E-state index contributed by atoms with van der Waals surface area (Å²) in [7, 11) is 3.45. The third-order valence-corrected chi connectivity index (χ3v) is 3.82. The molecule has 1 unspecified atom stereocenters. The van der Waals surface area contributed by atoms with Crippen LogP contribution < -0.4 is 15.2 Å². The van der Waals surface area contributed by atoms with Gasteiger partial charge < -0.3 is 15.2 Å². The van der Waals surface area contributed by atoms with Crippen molar-refractivity contribution >= 4 is 0 Å². The molecule has 0 aliphatic heterocycles. The van der Waals surface area contributed by atoms with Gasteiger partial charge in [-0.25, -0.2) is 0 Å². The van der Waals surface area contributed by atoms with Gasteiger partial charge in [-0.05, 0) is 62.3 Å². The van der Waals surface area contributed by atoms with Gasteiger partial charge in [-0.1, -0.05) is 0 Å². The fourth-order valence-electron chi connectivity index (χ4n) is 2.69. The zero-order valence-corrected chi connectivity index (χ0v) is 11.5. The molecule has 1 aliphatic carbocycles. The molecule has 0 bridgehead atoms. The highest BCUT2D eigenvalue weighted by molar-refractivity contribution is 5.48. The Labute approximate surface area is 109 Å². The van der Waals surface area contributed by atoms with Gasteiger partial charge in [-0.2, -0.15) is 0 Å². The Morgan fingerprint density at radius 2 is 1.89 bits per heavy atom. The van der Waals surface area contributed by atoms with Crippen LogP contribution in [-0.2, 0) is 0 Å². The summed E-state index contributed by atoms with van der Waals surface area (Å²) < 4.78 is 11.0. The summed E-state index contributed by atoms with van der Waals surface area (Å²) >= 11 is 0. The summed E-state index contributed by atoms with van der Waals surface area (Å²) in [5.41, 5.74) is 8.12. The molecule has 18 heavy (non-hydrogen) atoms. The standard InChI is InChI=1S/C15H23NO2/c1-10-8-15(18-3)13(9-14(10)17-2)12(6-7-16)11-4-5-11/h8-9,11-12H,4-7,16H2,1-3H3. The molecule has 1 aromatic carbocycles. The molecule has 1 fully saturated rings. The third-order valence-electron chi connectivity index (χ3n) is 3.82. The second kappa shape index (κ2) is 5.61. The van der Waals surface area contributed by atoms with Crippen LogP contribution in [0, 0.1) is 12.8 Å². The van der Waals surface area contributed by atoms with E-state index in [-0.39, 0.29) is 0 Å². The first kappa shape index (κ1) is 13.2. The number of methoxy groups -OCH3 is 2. The largest absolute Gasteiger partial charge is 0.496 e. The fraction of sp³-hybridized carbons (Fsp3) is 0.600. The number of aryl methyl sites for hydroxylation is 1. The summed E-state index contributed by atoms with van der Waals surface area (Å²) in [5, 5.41) is 0. The SMILES string of the molecule is COc1cc(C(CCN)C2CC2)c(OC)cc1C. The highest BCUT2D eigenvalue weighted by atomic mass is 16.5. The van der Waals surface area contributed by atoms with Crippen LogP contribution in [0.1, 0.15) is 36.3 Å². The number of ether oxygens (including phenoxy) is 2. The second-order valence-electron chi connectivity index (χ2n) is 5.09. The van der Waals surface area contributed by atoms with Gasteiger partial charge in [-0.15, -0.1) is 0 Å². The van der Waals surface area contributed by atoms with Gasteiger partial charge in [0.25, 0.3) is 0 Å². The number of rotatable bonds is 6. The van der Waals surface area contributed by atoms with Gasteiger partial charge in [0.1, 0.15) is 11.5 Å².